The molecule has 0 fully saturated rings. The molecule has 0 aromatic heterocycles. The Hall–Kier alpha value is -1.52. The molecule has 0 heterocycles. The zero-order chi connectivity index (χ0) is 14.7. The quantitative estimate of drug-likeness (QED) is 0.921. The van der Waals surface area contributed by atoms with Gasteiger partial charge in [-0.05, 0) is 57.7 Å². The summed E-state index contributed by atoms with van der Waals surface area (Å²) < 4.78 is 11.7. The highest BCUT2D eigenvalue weighted by molar-refractivity contribution is 9.10. The molecule has 4 heteroatoms. The van der Waals surface area contributed by atoms with Crippen molar-refractivity contribution >= 4 is 15.9 Å². The van der Waals surface area contributed by atoms with Gasteiger partial charge in [0.05, 0.1) is 14.2 Å². The summed E-state index contributed by atoms with van der Waals surface area (Å²) in [6.45, 7) is 2.60. The van der Waals surface area contributed by atoms with Gasteiger partial charge in [-0.3, -0.25) is 0 Å². The number of hydrogen-bond donors (Lipinski definition) is 1. The smallest absolute Gasteiger partial charge is 0.144 e. The number of halogens is 1. The second kappa shape index (κ2) is 6.29. The van der Waals surface area contributed by atoms with Gasteiger partial charge in [0.1, 0.15) is 16.0 Å². The maximum absolute atomic E-state index is 5.73. The monoisotopic (exact) mass is 335 g/mol. The summed E-state index contributed by atoms with van der Waals surface area (Å²) in [6, 6.07) is 10.2. The molecule has 0 aliphatic carbocycles. The minimum absolute atomic E-state index is 0.521. The Bertz CT molecular complexity index is 626. The third-order valence-electron chi connectivity index (χ3n) is 3.31. The highest BCUT2D eigenvalue weighted by Crippen LogP contribution is 2.42. The zero-order valence-electron chi connectivity index (χ0n) is 11.9. The lowest BCUT2D eigenvalue weighted by molar-refractivity contribution is 0.390. The summed E-state index contributed by atoms with van der Waals surface area (Å²) >= 11 is 3.54. The van der Waals surface area contributed by atoms with Crippen LogP contribution in [0.15, 0.2) is 34.8 Å². The number of methoxy groups -OCH3 is 2. The molecule has 0 spiro atoms. The molecule has 0 radical (unpaired) electrons. The highest BCUT2D eigenvalue weighted by Gasteiger charge is 2.15. The minimum Gasteiger partial charge on any atom is -0.495 e. The summed E-state index contributed by atoms with van der Waals surface area (Å²) in [5.41, 5.74) is 10.1. The summed E-state index contributed by atoms with van der Waals surface area (Å²) in [4.78, 5) is 0. The molecule has 2 aromatic rings. The number of rotatable bonds is 4. The van der Waals surface area contributed by atoms with Crippen molar-refractivity contribution in [3.05, 3.63) is 45.9 Å². The number of benzene rings is 2. The van der Waals surface area contributed by atoms with Gasteiger partial charge in [0, 0.05) is 12.1 Å². The van der Waals surface area contributed by atoms with E-state index >= 15 is 0 Å². The maximum atomic E-state index is 5.73. The van der Waals surface area contributed by atoms with Gasteiger partial charge in [0.15, 0.2) is 0 Å². The lowest BCUT2D eigenvalue weighted by atomic mass is 9.97. The van der Waals surface area contributed by atoms with Crippen molar-refractivity contribution in [3.8, 4) is 22.6 Å². The Labute approximate surface area is 127 Å². The van der Waals surface area contributed by atoms with Crippen LogP contribution in [0.1, 0.15) is 11.1 Å². The van der Waals surface area contributed by atoms with Crippen LogP contribution in [0.5, 0.6) is 11.5 Å². The fourth-order valence-corrected chi connectivity index (χ4v) is 2.86. The molecule has 106 valence electrons. The molecule has 20 heavy (non-hydrogen) atoms. The zero-order valence-corrected chi connectivity index (χ0v) is 13.5. The first-order chi connectivity index (χ1) is 9.62. The molecule has 3 nitrogen and oxygen atoms in total. The van der Waals surface area contributed by atoms with Gasteiger partial charge in [-0.25, -0.2) is 0 Å². The first-order valence-electron chi connectivity index (χ1n) is 6.32. The molecule has 0 unspecified atom stereocenters. The number of hydrogen-bond acceptors (Lipinski definition) is 3. The number of ether oxygens (including phenoxy) is 2. The Morgan fingerprint density at radius 1 is 1.05 bits per heavy atom. The molecule has 0 aliphatic heterocycles. The van der Waals surface area contributed by atoms with Crippen molar-refractivity contribution in [2.24, 2.45) is 5.73 Å². The van der Waals surface area contributed by atoms with Gasteiger partial charge in [0.2, 0.25) is 0 Å². The highest BCUT2D eigenvalue weighted by atomic mass is 79.9. The SMILES string of the molecule is COc1ccc(-c2cc(CN)ccc2C)c(OC)c1Br. The molecular formula is C16H18BrNO2. The van der Waals surface area contributed by atoms with Gasteiger partial charge in [0.25, 0.3) is 0 Å². The van der Waals surface area contributed by atoms with E-state index in [-0.39, 0.29) is 0 Å². The first-order valence-corrected chi connectivity index (χ1v) is 7.12. The largest absolute Gasteiger partial charge is 0.495 e. The standard InChI is InChI=1S/C16H18BrNO2/c1-10-4-5-11(9-18)8-13(10)12-6-7-14(19-2)15(17)16(12)20-3/h4-8H,9,18H2,1-3H3. The van der Waals surface area contributed by atoms with Crippen LogP contribution in [0.25, 0.3) is 11.1 Å². The van der Waals surface area contributed by atoms with Crippen LogP contribution in [0, 0.1) is 6.92 Å². The third kappa shape index (κ3) is 2.67. The Morgan fingerprint density at radius 2 is 1.80 bits per heavy atom. The predicted octanol–water partition coefficient (Wildman–Crippen LogP) is 3.90. The van der Waals surface area contributed by atoms with E-state index in [1.54, 1.807) is 14.2 Å². The van der Waals surface area contributed by atoms with E-state index in [4.69, 9.17) is 15.2 Å². The third-order valence-corrected chi connectivity index (χ3v) is 4.06. The van der Waals surface area contributed by atoms with Crippen molar-refractivity contribution < 1.29 is 9.47 Å². The predicted molar refractivity (Wildman–Crippen MR) is 85.3 cm³/mol. The topological polar surface area (TPSA) is 44.5 Å². The molecule has 0 saturated carbocycles. The van der Waals surface area contributed by atoms with E-state index in [1.807, 2.05) is 18.2 Å². The first kappa shape index (κ1) is 14.9. The van der Waals surface area contributed by atoms with E-state index in [9.17, 15) is 0 Å². The molecule has 0 saturated heterocycles. The van der Waals surface area contributed by atoms with E-state index in [1.165, 1.54) is 5.56 Å². The van der Waals surface area contributed by atoms with Crippen LogP contribution in [0.4, 0.5) is 0 Å². The normalized spacial score (nSPS) is 10.4. The van der Waals surface area contributed by atoms with Crippen LogP contribution in [0.3, 0.4) is 0 Å². The van der Waals surface area contributed by atoms with Gasteiger partial charge < -0.3 is 15.2 Å². The van der Waals surface area contributed by atoms with E-state index in [0.29, 0.717) is 6.54 Å². The van der Waals surface area contributed by atoms with E-state index < -0.39 is 0 Å². The summed E-state index contributed by atoms with van der Waals surface area (Å²) in [6.07, 6.45) is 0. The molecule has 2 N–H and O–H groups in total. The lowest BCUT2D eigenvalue weighted by Gasteiger charge is -2.15. The van der Waals surface area contributed by atoms with Gasteiger partial charge in [-0.15, -0.1) is 0 Å². The molecule has 2 rings (SSSR count). The Kier molecular flexibility index (Phi) is 4.68. The van der Waals surface area contributed by atoms with Gasteiger partial charge in [-0.2, -0.15) is 0 Å². The maximum Gasteiger partial charge on any atom is 0.144 e. The summed E-state index contributed by atoms with van der Waals surface area (Å²) in [5.74, 6) is 1.51. The molecule has 0 atom stereocenters. The average Bonchev–Trinajstić information content (AvgIpc) is 2.47. The summed E-state index contributed by atoms with van der Waals surface area (Å²) in [7, 11) is 3.30. The van der Waals surface area contributed by atoms with Crippen molar-refractivity contribution in [3.63, 3.8) is 0 Å². The molecule has 0 amide bonds. The van der Waals surface area contributed by atoms with Crippen LogP contribution in [-0.2, 0) is 6.54 Å². The van der Waals surface area contributed by atoms with Crippen LogP contribution < -0.4 is 15.2 Å². The van der Waals surface area contributed by atoms with Crippen molar-refractivity contribution in [2.75, 3.05) is 14.2 Å². The van der Waals surface area contributed by atoms with E-state index in [0.717, 1.165) is 32.7 Å². The van der Waals surface area contributed by atoms with Crippen LogP contribution in [0.2, 0.25) is 0 Å². The van der Waals surface area contributed by atoms with Crippen LogP contribution in [-0.4, -0.2) is 14.2 Å². The number of nitrogens with two attached hydrogens (primary N) is 1. The van der Waals surface area contributed by atoms with Crippen molar-refractivity contribution in [1.82, 2.24) is 0 Å². The fourth-order valence-electron chi connectivity index (χ4n) is 2.19. The lowest BCUT2D eigenvalue weighted by Crippen LogP contribution is -1.98. The second-order valence-corrected chi connectivity index (χ2v) is 5.31. The van der Waals surface area contributed by atoms with Crippen molar-refractivity contribution in [1.29, 1.82) is 0 Å². The fraction of sp³-hybridized carbons (Fsp3) is 0.250. The molecule has 2 aromatic carbocycles. The molecular weight excluding hydrogens is 318 g/mol. The van der Waals surface area contributed by atoms with Gasteiger partial charge in [-0.1, -0.05) is 12.1 Å². The minimum atomic E-state index is 0.521. The van der Waals surface area contributed by atoms with Crippen LogP contribution >= 0.6 is 15.9 Å². The Morgan fingerprint density at radius 3 is 2.40 bits per heavy atom. The van der Waals surface area contributed by atoms with Crippen molar-refractivity contribution in [2.45, 2.75) is 13.5 Å². The summed E-state index contributed by atoms with van der Waals surface area (Å²) in [5, 5.41) is 0. The average molecular weight is 336 g/mol. The molecule has 0 aliphatic rings. The van der Waals surface area contributed by atoms with E-state index in [2.05, 4.69) is 35.0 Å². The van der Waals surface area contributed by atoms with Gasteiger partial charge >= 0.3 is 0 Å². The Balaban J connectivity index is 2.66. The number of aryl methyl sites for hydroxylation is 1. The second-order valence-electron chi connectivity index (χ2n) is 4.52. The molecule has 0 bridgehead atoms.